The molecule has 1 unspecified atom stereocenters. The highest BCUT2D eigenvalue weighted by Crippen LogP contribution is 2.38. The lowest BCUT2D eigenvalue weighted by atomic mass is 9.96. The Morgan fingerprint density at radius 1 is 1.12 bits per heavy atom. The topological polar surface area (TPSA) is 55.8 Å². The maximum Gasteiger partial charge on any atom is 0.304 e. The number of benzene rings is 3. The fraction of sp³-hybridized carbons (Fsp3) is 0.276. The van der Waals surface area contributed by atoms with Gasteiger partial charge in [0.15, 0.2) is 0 Å². The Kier molecular flexibility index (Phi) is 7.18. The van der Waals surface area contributed by atoms with E-state index in [-0.39, 0.29) is 24.3 Å². The third-order valence-corrected chi connectivity index (χ3v) is 5.98. The summed E-state index contributed by atoms with van der Waals surface area (Å²) in [6, 6.07) is 18.3. The maximum absolute atomic E-state index is 14.5. The van der Waals surface area contributed by atoms with Crippen molar-refractivity contribution in [3.8, 4) is 34.5 Å². The van der Waals surface area contributed by atoms with E-state index in [1.165, 1.54) is 6.07 Å². The lowest BCUT2D eigenvalue weighted by molar-refractivity contribution is -0.137. The zero-order valence-corrected chi connectivity index (χ0v) is 19.3. The summed E-state index contributed by atoms with van der Waals surface area (Å²) in [7, 11) is 0. The molecule has 1 N–H and O–H groups in total. The van der Waals surface area contributed by atoms with Gasteiger partial charge in [0.1, 0.15) is 23.4 Å². The van der Waals surface area contributed by atoms with Crippen LogP contribution in [-0.2, 0) is 11.2 Å². The average Bonchev–Trinajstić information content (AvgIpc) is 3.22. The number of hydrogen-bond donors (Lipinski definition) is 1. The summed E-state index contributed by atoms with van der Waals surface area (Å²) in [5.74, 6) is 5.65. The largest absolute Gasteiger partial charge is 0.494 e. The molecule has 174 valence electrons. The fourth-order valence-corrected chi connectivity index (χ4v) is 4.39. The van der Waals surface area contributed by atoms with Crippen molar-refractivity contribution in [2.45, 2.75) is 45.1 Å². The molecule has 34 heavy (non-hydrogen) atoms. The van der Waals surface area contributed by atoms with Gasteiger partial charge in [-0.3, -0.25) is 4.79 Å². The van der Waals surface area contributed by atoms with Crippen molar-refractivity contribution in [3.63, 3.8) is 0 Å². The Morgan fingerprint density at radius 3 is 2.59 bits per heavy atom. The number of rotatable bonds is 8. The molecule has 1 aliphatic rings. The van der Waals surface area contributed by atoms with Crippen LogP contribution in [0.15, 0.2) is 60.7 Å². The number of fused-ring (bicyclic) bond motifs is 1. The Balaban J connectivity index is 1.50. The molecule has 3 aromatic rings. The monoisotopic (exact) mass is 458 g/mol. The Morgan fingerprint density at radius 2 is 1.88 bits per heavy atom. The van der Waals surface area contributed by atoms with Crippen molar-refractivity contribution in [1.82, 2.24) is 0 Å². The first kappa shape index (κ1) is 23.4. The Hall–Kier alpha value is -3.78. The highest BCUT2D eigenvalue weighted by Gasteiger charge is 2.25. The van der Waals surface area contributed by atoms with Crippen molar-refractivity contribution < 1.29 is 23.8 Å². The molecule has 0 heterocycles. The normalized spacial score (nSPS) is 15.1. The smallest absolute Gasteiger partial charge is 0.304 e. The second-order valence-corrected chi connectivity index (χ2v) is 8.25. The van der Waals surface area contributed by atoms with E-state index in [1.807, 2.05) is 49.4 Å². The van der Waals surface area contributed by atoms with Crippen molar-refractivity contribution in [2.75, 3.05) is 6.61 Å². The number of aliphatic carboxylic acids is 1. The maximum atomic E-state index is 14.5. The summed E-state index contributed by atoms with van der Waals surface area (Å²) in [5, 5.41) is 9.13. The van der Waals surface area contributed by atoms with Gasteiger partial charge in [-0.15, -0.1) is 5.92 Å². The van der Waals surface area contributed by atoms with Gasteiger partial charge in [-0.1, -0.05) is 36.3 Å². The van der Waals surface area contributed by atoms with Gasteiger partial charge in [0.2, 0.25) is 0 Å². The fourth-order valence-electron chi connectivity index (χ4n) is 4.39. The lowest BCUT2D eigenvalue weighted by Crippen LogP contribution is -2.06. The highest BCUT2D eigenvalue weighted by atomic mass is 19.1. The second kappa shape index (κ2) is 10.4. The van der Waals surface area contributed by atoms with Crippen molar-refractivity contribution >= 4 is 5.97 Å². The number of carbonyl (C=O) groups is 1. The van der Waals surface area contributed by atoms with Crippen LogP contribution in [0.3, 0.4) is 0 Å². The molecule has 3 aromatic carbocycles. The minimum absolute atomic E-state index is 0.0343. The first-order valence-electron chi connectivity index (χ1n) is 11.4. The average molecular weight is 459 g/mol. The van der Waals surface area contributed by atoms with Gasteiger partial charge >= 0.3 is 5.97 Å². The minimum Gasteiger partial charge on any atom is -0.494 e. The predicted molar refractivity (Wildman–Crippen MR) is 130 cm³/mol. The van der Waals surface area contributed by atoms with Gasteiger partial charge in [-0.2, -0.15) is 0 Å². The van der Waals surface area contributed by atoms with Crippen LogP contribution in [0.25, 0.3) is 11.1 Å². The van der Waals surface area contributed by atoms with E-state index in [2.05, 4.69) is 11.8 Å². The Bertz CT molecular complexity index is 1240. The van der Waals surface area contributed by atoms with Gasteiger partial charge in [0.05, 0.1) is 18.9 Å². The van der Waals surface area contributed by atoms with Crippen LogP contribution in [0.4, 0.5) is 4.39 Å². The summed E-state index contributed by atoms with van der Waals surface area (Å²) < 4.78 is 26.3. The zero-order chi connectivity index (χ0) is 24.1. The predicted octanol–water partition coefficient (Wildman–Crippen LogP) is 6.54. The highest BCUT2D eigenvalue weighted by molar-refractivity contribution is 5.69. The number of halogens is 1. The van der Waals surface area contributed by atoms with Gasteiger partial charge in [-0.05, 0) is 79.3 Å². The lowest BCUT2D eigenvalue weighted by Gasteiger charge is -2.16. The molecule has 0 amide bonds. The van der Waals surface area contributed by atoms with E-state index in [1.54, 1.807) is 19.1 Å². The van der Waals surface area contributed by atoms with Crippen LogP contribution in [0.2, 0.25) is 0 Å². The summed E-state index contributed by atoms with van der Waals surface area (Å²) in [6.45, 7) is 4.14. The SMILES string of the molecule is CC#C[C@H](CC(=O)O)c1ccc(OC2CCc3cc(-c4cc(OCC)ccc4F)ccc32)cc1. The first-order chi connectivity index (χ1) is 16.5. The van der Waals surface area contributed by atoms with E-state index >= 15 is 0 Å². The number of ether oxygens (including phenoxy) is 2. The van der Waals surface area contributed by atoms with Crippen LogP contribution >= 0.6 is 0 Å². The molecular formula is C29H27FO4. The summed E-state index contributed by atoms with van der Waals surface area (Å²) in [4.78, 5) is 11.1. The molecule has 4 rings (SSSR count). The summed E-state index contributed by atoms with van der Waals surface area (Å²) in [6.07, 6.45) is 1.57. The van der Waals surface area contributed by atoms with Crippen LogP contribution in [-0.4, -0.2) is 17.7 Å². The molecule has 0 saturated carbocycles. The van der Waals surface area contributed by atoms with Gasteiger partial charge in [-0.25, -0.2) is 4.39 Å². The standard InChI is InChI=1S/C29H27FO4/c1-3-5-20(17-29(31)32)19-6-10-23(11-7-19)34-28-15-9-21-16-22(8-13-25(21)28)26-18-24(33-4-2)12-14-27(26)30/h6-8,10-14,16,18,20,28H,4,9,15,17H2,1-2H3,(H,31,32)/t20-,28?/m1/s1. The molecule has 0 bridgehead atoms. The van der Waals surface area contributed by atoms with E-state index in [4.69, 9.17) is 14.6 Å². The van der Waals surface area contributed by atoms with Crippen LogP contribution in [0.5, 0.6) is 11.5 Å². The number of carboxylic acid groups (broad SMARTS) is 1. The third-order valence-electron chi connectivity index (χ3n) is 5.98. The molecule has 0 aromatic heterocycles. The van der Waals surface area contributed by atoms with Crippen LogP contribution in [0, 0.1) is 17.7 Å². The van der Waals surface area contributed by atoms with E-state index in [0.717, 1.165) is 40.8 Å². The first-order valence-corrected chi connectivity index (χ1v) is 11.4. The Labute approximate surface area is 199 Å². The molecule has 0 radical (unpaired) electrons. The van der Waals surface area contributed by atoms with E-state index in [9.17, 15) is 9.18 Å². The molecule has 1 aliphatic carbocycles. The number of carboxylic acids is 1. The molecule has 5 heteroatoms. The van der Waals surface area contributed by atoms with E-state index in [0.29, 0.717) is 17.9 Å². The number of hydrogen-bond acceptors (Lipinski definition) is 3. The third kappa shape index (κ3) is 5.23. The molecular weight excluding hydrogens is 431 g/mol. The van der Waals surface area contributed by atoms with Crippen molar-refractivity contribution in [1.29, 1.82) is 0 Å². The van der Waals surface area contributed by atoms with Gasteiger partial charge in [0.25, 0.3) is 0 Å². The number of aryl methyl sites for hydroxylation is 1. The van der Waals surface area contributed by atoms with E-state index < -0.39 is 5.97 Å². The summed E-state index contributed by atoms with van der Waals surface area (Å²) in [5.41, 5.74) is 4.47. The second-order valence-electron chi connectivity index (χ2n) is 8.25. The summed E-state index contributed by atoms with van der Waals surface area (Å²) >= 11 is 0. The van der Waals surface area contributed by atoms with Gasteiger partial charge in [0, 0.05) is 5.56 Å². The quantitative estimate of drug-likeness (QED) is 0.390. The molecule has 0 aliphatic heterocycles. The molecule has 0 spiro atoms. The van der Waals surface area contributed by atoms with Crippen LogP contribution in [0.1, 0.15) is 55.4 Å². The molecule has 2 atom stereocenters. The zero-order valence-electron chi connectivity index (χ0n) is 19.3. The van der Waals surface area contributed by atoms with Crippen LogP contribution < -0.4 is 9.47 Å². The molecule has 0 saturated heterocycles. The molecule has 0 fully saturated rings. The minimum atomic E-state index is -0.875. The molecule has 4 nitrogen and oxygen atoms in total. The van der Waals surface area contributed by atoms with Crippen molar-refractivity contribution in [3.05, 3.63) is 83.2 Å². The van der Waals surface area contributed by atoms with Crippen molar-refractivity contribution in [2.24, 2.45) is 0 Å². The van der Waals surface area contributed by atoms with Gasteiger partial charge < -0.3 is 14.6 Å².